The summed E-state index contributed by atoms with van der Waals surface area (Å²) in [5.41, 5.74) is 8.28. The van der Waals surface area contributed by atoms with E-state index in [2.05, 4.69) is 4.99 Å². The minimum atomic E-state index is -0.342. The SMILES string of the molecule is COc1cc(F)ccc1C1=CN=C(N)/C1=C/C=C/SC.[HH]. The van der Waals surface area contributed by atoms with Crippen LogP contribution in [0.3, 0.4) is 0 Å². The molecule has 2 rings (SSSR count). The third kappa shape index (κ3) is 2.93. The Kier molecular flexibility index (Phi) is 4.63. The monoisotopic (exact) mass is 292 g/mol. The number of ether oxygens (including phenoxy) is 1. The summed E-state index contributed by atoms with van der Waals surface area (Å²) in [5, 5.41) is 1.94. The lowest BCUT2D eigenvalue weighted by Crippen LogP contribution is -2.12. The van der Waals surface area contributed by atoms with Crippen LogP contribution in [0.15, 0.2) is 52.5 Å². The van der Waals surface area contributed by atoms with Crippen LogP contribution in [-0.2, 0) is 0 Å². The maximum absolute atomic E-state index is 13.3. The standard InChI is InChI=1S/C15H15FN2OS.H2/c1-19-14-8-10(16)5-6-11(14)13-9-18-15(17)12(13)4-3-7-20-2;/h3-9H,1-2H3,(H2,17,18);1H/b7-3+,12-4+;. The van der Waals surface area contributed by atoms with E-state index in [-0.39, 0.29) is 7.24 Å². The Morgan fingerprint density at radius 1 is 1.45 bits per heavy atom. The van der Waals surface area contributed by atoms with Crippen LogP contribution < -0.4 is 10.5 Å². The average Bonchev–Trinajstić information content (AvgIpc) is 2.80. The predicted molar refractivity (Wildman–Crippen MR) is 85.4 cm³/mol. The lowest BCUT2D eigenvalue weighted by atomic mass is 9.98. The predicted octanol–water partition coefficient (Wildman–Crippen LogP) is 3.60. The minimum Gasteiger partial charge on any atom is -0.496 e. The number of amidine groups is 1. The van der Waals surface area contributed by atoms with Crippen LogP contribution >= 0.6 is 11.8 Å². The molecule has 0 spiro atoms. The topological polar surface area (TPSA) is 47.6 Å². The molecule has 0 fully saturated rings. The van der Waals surface area contributed by atoms with Gasteiger partial charge in [0, 0.05) is 30.4 Å². The van der Waals surface area contributed by atoms with E-state index in [1.807, 2.05) is 23.8 Å². The number of nitrogens with two attached hydrogens (primary N) is 1. The summed E-state index contributed by atoms with van der Waals surface area (Å²) in [6.07, 6.45) is 7.43. The fraction of sp³-hybridized carbons (Fsp3) is 0.133. The second kappa shape index (κ2) is 6.43. The Bertz CT molecular complexity index is 639. The maximum atomic E-state index is 13.3. The number of allylic oxidation sites excluding steroid dienone is 2. The number of hydrogen-bond acceptors (Lipinski definition) is 4. The third-order valence-corrected chi connectivity index (χ3v) is 3.26. The molecule has 1 heterocycles. The van der Waals surface area contributed by atoms with Gasteiger partial charge in [-0.15, -0.1) is 11.8 Å². The van der Waals surface area contributed by atoms with Crippen molar-refractivity contribution in [1.82, 2.24) is 0 Å². The zero-order valence-corrected chi connectivity index (χ0v) is 12.1. The molecular weight excluding hydrogens is 275 g/mol. The van der Waals surface area contributed by atoms with Crippen LogP contribution in [0.4, 0.5) is 4.39 Å². The molecule has 0 unspecified atom stereocenters. The van der Waals surface area contributed by atoms with Gasteiger partial charge in [0.05, 0.1) is 7.11 Å². The Balaban J connectivity index is 0.00000220. The summed E-state index contributed by atoms with van der Waals surface area (Å²) in [7, 11) is 1.51. The van der Waals surface area contributed by atoms with E-state index in [1.165, 1.54) is 19.2 Å². The molecule has 0 saturated heterocycles. The van der Waals surface area contributed by atoms with E-state index in [9.17, 15) is 4.39 Å². The Morgan fingerprint density at radius 2 is 2.25 bits per heavy atom. The molecule has 0 aliphatic carbocycles. The minimum absolute atomic E-state index is 0. The first-order valence-corrected chi connectivity index (χ1v) is 7.24. The van der Waals surface area contributed by atoms with E-state index in [1.54, 1.807) is 24.0 Å². The summed E-state index contributed by atoms with van der Waals surface area (Å²) < 4.78 is 18.5. The number of aliphatic imine (C=N–C) groups is 1. The molecule has 0 saturated carbocycles. The van der Waals surface area contributed by atoms with Crippen molar-refractivity contribution in [2.75, 3.05) is 13.4 Å². The van der Waals surface area contributed by atoms with Crippen molar-refractivity contribution in [2.45, 2.75) is 0 Å². The summed E-state index contributed by atoms with van der Waals surface area (Å²) >= 11 is 1.59. The molecule has 1 aliphatic heterocycles. The molecule has 0 bridgehead atoms. The normalized spacial score (nSPS) is 16.6. The Morgan fingerprint density at radius 3 is 2.95 bits per heavy atom. The number of hydrogen-bond donors (Lipinski definition) is 1. The zero-order valence-electron chi connectivity index (χ0n) is 11.3. The maximum Gasteiger partial charge on any atom is 0.131 e. The lowest BCUT2D eigenvalue weighted by molar-refractivity contribution is 0.410. The quantitative estimate of drug-likeness (QED) is 0.922. The smallest absolute Gasteiger partial charge is 0.131 e. The summed E-state index contributed by atoms with van der Waals surface area (Å²) in [5.74, 6) is 0.559. The van der Waals surface area contributed by atoms with Crippen molar-refractivity contribution in [3.63, 3.8) is 0 Å². The number of thioether (sulfide) groups is 1. The van der Waals surface area contributed by atoms with Crippen molar-refractivity contribution < 1.29 is 10.6 Å². The van der Waals surface area contributed by atoms with Crippen molar-refractivity contribution in [3.8, 4) is 5.75 Å². The molecule has 106 valence electrons. The first-order valence-electron chi connectivity index (χ1n) is 5.95. The van der Waals surface area contributed by atoms with Gasteiger partial charge < -0.3 is 10.5 Å². The van der Waals surface area contributed by atoms with Crippen molar-refractivity contribution >= 4 is 23.2 Å². The Labute approximate surface area is 123 Å². The van der Waals surface area contributed by atoms with E-state index in [4.69, 9.17) is 10.5 Å². The van der Waals surface area contributed by atoms with Crippen molar-refractivity contribution in [1.29, 1.82) is 0 Å². The highest BCUT2D eigenvalue weighted by atomic mass is 32.2. The molecule has 2 N–H and O–H groups in total. The van der Waals surface area contributed by atoms with E-state index in [0.717, 1.165) is 16.7 Å². The van der Waals surface area contributed by atoms with Gasteiger partial charge in [-0.3, -0.25) is 0 Å². The largest absolute Gasteiger partial charge is 0.496 e. The van der Waals surface area contributed by atoms with Crippen LogP contribution in [0.25, 0.3) is 5.57 Å². The second-order valence-corrected chi connectivity index (χ2v) is 4.79. The number of rotatable bonds is 4. The zero-order chi connectivity index (χ0) is 14.5. The average molecular weight is 292 g/mol. The summed E-state index contributed by atoms with van der Waals surface area (Å²) in [6, 6.07) is 4.41. The molecular formula is C15H17FN2OS. The highest BCUT2D eigenvalue weighted by Crippen LogP contribution is 2.34. The Hall–Kier alpha value is -2.01. The van der Waals surface area contributed by atoms with Gasteiger partial charge in [-0.2, -0.15) is 0 Å². The van der Waals surface area contributed by atoms with Gasteiger partial charge >= 0.3 is 0 Å². The van der Waals surface area contributed by atoms with Gasteiger partial charge in [0.25, 0.3) is 0 Å². The second-order valence-electron chi connectivity index (χ2n) is 4.05. The van der Waals surface area contributed by atoms with Crippen LogP contribution in [0, 0.1) is 5.82 Å². The molecule has 1 aromatic rings. The fourth-order valence-corrected chi connectivity index (χ4v) is 2.14. The first-order chi connectivity index (χ1) is 9.67. The van der Waals surface area contributed by atoms with Gasteiger partial charge in [0.1, 0.15) is 17.4 Å². The third-order valence-electron chi connectivity index (χ3n) is 2.83. The van der Waals surface area contributed by atoms with E-state index in [0.29, 0.717) is 11.6 Å². The van der Waals surface area contributed by atoms with Gasteiger partial charge in [-0.05, 0) is 23.8 Å². The molecule has 0 aromatic heterocycles. The lowest BCUT2D eigenvalue weighted by Gasteiger charge is -2.11. The molecule has 20 heavy (non-hydrogen) atoms. The van der Waals surface area contributed by atoms with Crippen LogP contribution in [-0.4, -0.2) is 19.2 Å². The number of halogens is 1. The van der Waals surface area contributed by atoms with Gasteiger partial charge in [0.15, 0.2) is 0 Å². The van der Waals surface area contributed by atoms with E-state index < -0.39 is 0 Å². The van der Waals surface area contributed by atoms with E-state index >= 15 is 0 Å². The number of nitrogens with zero attached hydrogens (tertiary/aromatic N) is 1. The van der Waals surface area contributed by atoms with Crippen molar-refractivity contribution in [3.05, 3.63) is 58.9 Å². The van der Waals surface area contributed by atoms with Crippen LogP contribution in [0.2, 0.25) is 0 Å². The first kappa shape index (κ1) is 14.4. The van der Waals surface area contributed by atoms with Crippen molar-refractivity contribution in [2.24, 2.45) is 10.7 Å². The van der Waals surface area contributed by atoms with Gasteiger partial charge in [0.2, 0.25) is 0 Å². The molecule has 0 amide bonds. The molecule has 0 atom stereocenters. The van der Waals surface area contributed by atoms with Crippen LogP contribution in [0.5, 0.6) is 5.75 Å². The highest BCUT2D eigenvalue weighted by molar-refractivity contribution is 8.01. The summed E-state index contributed by atoms with van der Waals surface area (Å²) in [4.78, 5) is 4.13. The molecule has 3 nitrogen and oxygen atoms in total. The number of benzene rings is 1. The molecule has 0 radical (unpaired) electrons. The van der Waals surface area contributed by atoms with Crippen LogP contribution in [0.1, 0.15) is 6.99 Å². The number of methoxy groups -OCH3 is 1. The fourth-order valence-electron chi connectivity index (χ4n) is 1.90. The summed E-state index contributed by atoms with van der Waals surface area (Å²) in [6.45, 7) is 0. The van der Waals surface area contributed by atoms with Gasteiger partial charge in [-0.25, -0.2) is 9.38 Å². The van der Waals surface area contributed by atoms with Gasteiger partial charge in [-0.1, -0.05) is 12.2 Å². The molecule has 1 aromatic carbocycles. The highest BCUT2D eigenvalue weighted by Gasteiger charge is 2.19. The molecule has 1 aliphatic rings. The molecule has 5 heteroatoms.